The summed E-state index contributed by atoms with van der Waals surface area (Å²) in [5, 5.41) is -0.611. The largest absolute Gasteiger partial charge is 0.280 e. The second kappa shape index (κ2) is 13.2. The number of unbranched alkanes of at least 4 members (excludes halogenated alkanes) is 7. The third-order valence-electron chi connectivity index (χ3n) is 5.16. The van der Waals surface area contributed by atoms with E-state index < -0.39 is 0 Å². The summed E-state index contributed by atoms with van der Waals surface area (Å²) >= 11 is 18.0. The summed E-state index contributed by atoms with van der Waals surface area (Å²) in [6.45, 7) is 8.35. The van der Waals surface area contributed by atoms with E-state index in [-0.39, 0.29) is 31.0 Å². The van der Waals surface area contributed by atoms with E-state index in [1.807, 2.05) is 0 Å². The van der Waals surface area contributed by atoms with Crippen molar-refractivity contribution in [1.29, 1.82) is 0 Å². The van der Waals surface area contributed by atoms with E-state index in [2.05, 4.69) is 59.6 Å². The molecule has 0 saturated heterocycles. The van der Waals surface area contributed by atoms with E-state index in [4.69, 9.17) is 23.2 Å². The Labute approximate surface area is 186 Å². The lowest BCUT2D eigenvalue weighted by molar-refractivity contribution is -0.113. The molecule has 0 aromatic carbocycles. The minimum atomic E-state index is -0.306. The molecule has 0 unspecified atom stereocenters. The van der Waals surface area contributed by atoms with Crippen LogP contribution >= 0.6 is 55.1 Å². The molecule has 2 nitrogen and oxygen atoms in total. The maximum atomic E-state index is 11.3. The number of carbonyl (C=O) groups excluding carboxylic acids is 2. The van der Waals surface area contributed by atoms with Crippen LogP contribution in [0.5, 0.6) is 0 Å². The summed E-state index contributed by atoms with van der Waals surface area (Å²) in [5.41, 5.74) is -0.188. The summed E-state index contributed by atoms with van der Waals surface area (Å²) in [7, 11) is 0. The van der Waals surface area contributed by atoms with Crippen molar-refractivity contribution in [3.05, 3.63) is 0 Å². The SMILES string of the molecule is CC(C)(CCCCCCCCCCC(C)(C)[C@@H](Br)C(=O)Cl)[C@H](Br)C(=O)Cl. The smallest absolute Gasteiger partial charge is 0.235 e. The van der Waals surface area contributed by atoms with Crippen molar-refractivity contribution in [2.24, 2.45) is 10.8 Å². The van der Waals surface area contributed by atoms with Gasteiger partial charge in [0.2, 0.25) is 10.5 Å². The molecule has 2 atom stereocenters. The van der Waals surface area contributed by atoms with Gasteiger partial charge in [0.1, 0.15) is 0 Å². The van der Waals surface area contributed by atoms with Crippen LogP contribution in [0.25, 0.3) is 0 Å². The highest BCUT2D eigenvalue weighted by atomic mass is 79.9. The molecule has 154 valence electrons. The van der Waals surface area contributed by atoms with Gasteiger partial charge in [-0.1, -0.05) is 111 Å². The van der Waals surface area contributed by atoms with Gasteiger partial charge in [-0.3, -0.25) is 9.59 Å². The van der Waals surface area contributed by atoms with Gasteiger partial charge in [0.05, 0.1) is 9.65 Å². The fourth-order valence-electron chi connectivity index (χ4n) is 3.09. The average molecular weight is 537 g/mol. The van der Waals surface area contributed by atoms with Gasteiger partial charge < -0.3 is 0 Å². The van der Waals surface area contributed by atoms with Gasteiger partial charge in [-0.15, -0.1) is 0 Å². The predicted octanol–water partition coefficient (Wildman–Crippen LogP) is 8.00. The van der Waals surface area contributed by atoms with E-state index in [0.29, 0.717) is 0 Å². The first-order valence-electron chi connectivity index (χ1n) is 9.58. The third kappa shape index (κ3) is 11.0. The number of halogens is 4. The number of hydrogen-bond donors (Lipinski definition) is 0. The van der Waals surface area contributed by atoms with Gasteiger partial charge in [0.25, 0.3) is 0 Å². The molecular formula is C20H34Br2Cl2O2. The molecule has 0 rings (SSSR count). The van der Waals surface area contributed by atoms with Gasteiger partial charge >= 0.3 is 0 Å². The van der Waals surface area contributed by atoms with Crippen molar-refractivity contribution >= 4 is 65.5 Å². The van der Waals surface area contributed by atoms with E-state index >= 15 is 0 Å². The van der Waals surface area contributed by atoms with Crippen LogP contribution in [0.3, 0.4) is 0 Å². The van der Waals surface area contributed by atoms with Crippen molar-refractivity contribution in [1.82, 2.24) is 0 Å². The molecule has 0 saturated carbocycles. The monoisotopic (exact) mass is 534 g/mol. The van der Waals surface area contributed by atoms with Crippen LogP contribution in [-0.4, -0.2) is 20.1 Å². The summed E-state index contributed by atoms with van der Waals surface area (Å²) in [6.07, 6.45) is 11.7. The quantitative estimate of drug-likeness (QED) is 0.121. The van der Waals surface area contributed by atoms with Gasteiger partial charge in [0, 0.05) is 0 Å². The van der Waals surface area contributed by atoms with Crippen LogP contribution in [0.2, 0.25) is 0 Å². The van der Waals surface area contributed by atoms with Crippen LogP contribution < -0.4 is 0 Å². The lowest BCUT2D eigenvalue weighted by atomic mass is 9.83. The Morgan fingerprint density at radius 1 is 0.654 bits per heavy atom. The van der Waals surface area contributed by atoms with Gasteiger partial charge in [0.15, 0.2) is 0 Å². The van der Waals surface area contributed by atoms with E-state index in [1.54, 1.807) is 0 Å². The topological polar surface area (TPSA) is 34.1 Å². The maximum Gasteiger partial charge on any atom is 0.235 e. The second-order valence-electron chi connectivity index (χ2n) is 8.64. The molecule has 0 fully saturated rings. The first-order valence-corrected chi connectivity index (χ1v) is 12.2. The first-order chi connectivity index (χ1) is 11.9. The zero-order chi connectivity index (χ0) is 20.4. The third-order valence-corrected chi connectivity index (χ3v) is 9.44. The first kappa shape index (κ1) is 26.9. The highest BCUT2D eigenvalue weighted by Gasteiger charge is 2.32. The van der Waals surface area contributed by atoms with Crippen LogP contribution in [0, 0.1) is 10.8 Å². The molecule has 0 radical (unpaired) electrons. The molecule has 0 bridgehead atoms. The average Bonchev–Trinajstić information content (AvgIpc) is 2.54. The van der Waals surface area contributed by atoms with E-state index in [0.717, 1.165) is 25.7 Å². The number of rotatable bonds is 15. The highest BCUT2D eigenvalue weighted by molar-refractivity contribution is 9.10. The molecule has 0 heterocycles. The van der Waals surface area contributed by atoms with E-state index in [1.165, 1.54) is 38.5 Å². The number of hydrogen-bond acceptors (Lipinski definition) is 2. The second-order valence-corrected chi connectivity index (χ2v) is 11.2. The molecule has 0 N–H and O–H groups in total. The van der Waals surface area contributed by atoms with Crippen molar-refractivity contribution in [2.45, 2.75) is 102 Å². The zero-order valence-corrected chi connectivity index (χ0v) is 21.2. The van der Waals surface area contributed by atoms with Crippen LogP contribution in [0.1, 0.15) is 91.9 Å². The molecule has 0 aliphatic rings. The summed E-state index contributed by atoms with van der Waals surface area (Å²) < 4.78 is 0. The van der Waals surface area contributed by atoms with Crippen molar-refractivity contribution in [2.75, 3.05) is 0 Å². The Bertz CT molecular complexity index is 400. The predicted molar refractivity (Wildman–Crippen MR) is 121 cm³/mol. The van der Waals surface area contributed by atoms with Gasteiger partial charge in [-0.25, -0.2) is 0 Å². The standard InChI is InChI=1S/C20H34Br2Cl2O2/c1-19(2,15(21)17(23)25)13-11-9-7-5-6-8-10-12-14-20(3,4)16(22)18(24)26/h15-16H,5-14H2,1-4H3/t15-,16+. The molecule has 0 spiro atoms. The Morgan fingerprint density at radius 2 is 0.885 bits per heavy atom. The summed E-state index contributed by atoms with van der Waals surface area (Å²) in [4.78, 5) is 22.0. The molecule has 0 amide bonds. The Balaban J connectivity index is 3.69. The molecule has 6 heteroatoms. The molecule has 26 heavy (non-hydrogen) atoms. The van der Waals surface area contributed by atoms with Crippen LogP contribution in [0.15, 0.2) is 0 Å². The Hall–Kier alpha value is 0.880. The normalized spacial score (nSPS) is 14.9. The minimum absolute atomic E-state index is 0.0939. The summed E-state index contributed by atoms with van der Waals surface area (Å²) in [5.74, 6) is 0. The van der Waals surface area contributed by atoms with Crippen molar-refractivity contribution in [3.8, 4) is 0 Å². The van der Waals surface area contributed by atoms with Gasteiger partial charge in [-0.2, -0.15) is 0 Å². The van der Waals surface area contributed by atoms with Gasteiger partial charge in [-0.05, 0) is 46.9 Å². The number of alkyl halides is 2. The van der Waals surface area contributed by atoms with Crippen molar-refractivity contribution in [3.63, 3.8) is 0 Å². The molecule has 0 aliphatic carbocycles. The highest BCUT2D eigenvalue weighted by Crippen LogP contribution is 2.35. The Morgan fingerprint density at radius 3 is 1.12 bits per heavy atom. The van der Waals surface area contributed by atoms with Crippen molar-refractivity contribution < 1.29 is 9.59 Å². The fourth-order valence-corrected chi connectivity index (χ4v) is 4.14. The maximum absolute atomic E-state index is 11.3. The molecule has 0 aromatic rings. The minimum Gasteiger partial charge on any atom is -0.280 e. The fraction of sp³-hybridized carbons (Fsp3) is 0.900. The Kier molecular flexibility index (Phi) is 13.6. The molecule has 0 aromatic heterocycles. The van der Waals surface area contributed by atoms with Crippen LogP contribution in [0.4, 0.5) is 0 Å². The number of carbonyl (C=O) groups is 2. The molecular weight excluding hydrogens is 503 g/mol. The van der Waals surface area contributed by atoms with Crippen LogP contribution in [-0.2, 0) is 9.59 Å². The van der Waals surface area contributed by atoms with E-state index in [9.17, 15) is 9.59 Å². The molecule has 0 aliphatic heterocycles. The lowest BCUT2D eigenvalue weighted by Crippen LogP contribution is -2.29. The zero-order valence-electron chi connectivity index (χ0n) is 16.6. The lowest BCUT2D eigenvalue weighted by Gasteiger charge is -2.28. The summed E-state index contributed by atoms with van der Waals surface area (Å²) in [6, 6.07) is 0.